The summed E-state index contributed by atoms with van der Waals surface area (Å²) >= 11 is 0. The molecule has 0 saturated heterocycles. The fraction of sp³-hybridized carbons (Fsp3) is 0.348. The molecule has 6 nitrogen and oxygen atoms in total. The summed E-state index contributed by atoms with van der Waals surface area (Å²) in [6, 6.07) is 9.22. The molecule has 4 rings (SSSR count). The molecule has 3 aromatic rings. The van der Waals surface area contributed by atoms with E-state index in [0.717, 1.165) is 27.8 Å². The van der Waals surface area contributed by atoms with Crippen LogP contribution in [0.1, 0.15) is 43.9 Å². The average Bonchev–Trinajstić information content (AvgIpc) is 3.46. The molecule has 1 fully saturated rings. The maximum atomic E-state index is 11.6. The van der Waals surface area contributed by atoms with E-state index >= 15 is 0 Å². The number of carboxylic acid groups (broad SMARTS) is 1. The SMILES string of the molecule is Cc1cc(-c2c(C(C)C)c(NCC3(C(=O)O)CC3)nc3cc(O)ccc23)ccn1. The largest absolute Gasteiger partial charge is 0.508 e. The van der Waals surface area contributed by atoms with Crippen LogP contribution in [0.5, 0.6) is 5.75 Å². The van der Waals surface area contributed by atoms with Crippen molar-refractivity contribution in [2.75, 3.05) is 11.9 Å². The Labute approximate surface area is 169 Å². The van der Waals surface area contributed by atoms with Gasteiger partial charge in [-0.3, -0.25) is 9.78 Å². The van der Waals surface area contributed by atoms with Gasteiger partial charge in [-0.1, -0.05) is 13.8 Å². The van der Waals surface area contributed by atoms with Crippen LogP contribution in [0.25, 0.3) is 22.0 Å². The first kappa shape index (κ1) is 19.2. The number of aryl methyl sites for hydroxylation is 1. The van der Waals surface area contributed by atoms with Gasteiger partial charge in [0.25, 0.3) is 0 Å². The number of fused-ring (bicyclic) bond motifs is 1. The number of rotatable bonds is 6. The van der Waals surface area contributed by atoms with Gasteiger partial charge in [0, 0.05) is 35.5 Å². The lowest BCUT2D eigenvalue weighted by atomic mass is 9.89. The highest BCUT2D eigenvalue weighted by atomic mass is 16.4. The molecule has 1 aliphatic carbocycles. The lowest BCUT2D eigenvalue weighted by Crippen LogP contribution is -2.25. The third-order valence-electron chi connectivity index (χ3n) is 5.67. The Morgan fingerprint density at radius 3 is 2.62 bits per heavy atom. The molecule has 0 radical (unpaired) electrons. The van der Waals surface area contributed by atoms with Crippen LogP contribution in [0.3, 0.4) is 0 Å². The number of aliphatic carboxylic acids is 1. The van der Waals surface area contributed by atoms with Gasteiger partial charge in [-0.2, -0.15) is 0 Å². The number of nitrogens with one attached hydrogen (secondary N) is 1. The Morgan fingerprint density at radius 1 is 1.24 bits per heavy atom. The molecule has 2 heterocycles. The normalized spacial score (nSPS) is 14.9. The first-order valence-corrected chi connectivity index (χ1v) is 9.88. The van der Waals surface area contributed by atoms with Crippen molar-refractivity contribution in [1.82, 2.24) is 9.97 Å². The molecule has 0 bridgehead atoms. The third-order valence-corrected chi connectivity index (χ3v) is 5.67. The van der Waals surface area contributed by atoms with Crippen molar-refractivity contribution in [1.29, 1.82) is 0 Å². The fourth-order valence-electron chi connectivity index (χ4n) is 3.85. The predicted octanol–water partition coefficient (Wildman–Crippen LogP) is 4.71. The second-order valence-electron chi connectivity index (χ2n) is 8.23. The number of hydrogen-bond donors (Lipinski definition) is 3. The molecule has 1 aliphatic rings. The zero-order valence-corrected chi connectivity index (χ0v) is 16.9. The molecular formula is C23H25N3O3. The summed E-state index contributed by atoms with van der Waals surface area (Å²) in [5.74, 6) is 0.218. The average molecular weight is 391 g/mol. The molecule has 1 aromatic carbocycles. The molecule has 0 amide bonds. The Kier molecular flexibility index (Phi) is 4.65. The van der Waals surface area contributed by atoms with Crippen LogP contribution in [-0.4, -0.2) is 32.7 Å². The van der Waals surface area contributed by atoms with Crippen LogP contribution in [-0.2, 0) is 4.79 Å². The predicted molar refractivity (Wildman–Crippen MR) is 113 cm³/mol. The number of hydrogen-bond acceptors (Lipinski definition) is 5. The van der Waals surface area contributed by atoms with Crippen LogP contribution in [0.2, 0.25) is 0 Å². The second kappa shape index (κ2) is 7.03. The number of carboxylic acids is 1. The lowest BCUT2D eigenvalue weighted by molar-refractivity contribution is -0.142. The monoisotopic (exact) mass is 391 g/mol. The first-order valence-electron chi connectivity index (χ1n) is 9.88. The van der Waals surface area contributed by atoms with E-state index in [2.05, 4.69) is 24.1 Å². The smallest absolute Gasteiger partial charge is 0.311 e. The number of carbonyl (C=O) groups is 1. The van der Waals surface area contributed by atoms with Gasteiger partial charge in [0.2, 0.25) is 0 Å². The third kappa shape index (κ3) is 3.50. The van der Waals surface area contributed by atoms with Gasteiger partial charge in [-0.15, -0.1) is 0 Å². The highest BCUT2D eigenvalue weighted by molar-refractivity contribution is 5.99. The summed E-state index contributed by atoms with van der Waals surface area (Å²) in [4.78, 5) is 20.7. The van der Waals surface area contributed by atoms with Gasteiger partial charge in [0.05, 0.1) is 10.9 Å². The summed E-state index contributed by atoms with van der Waals surface area (Å²) in [5.41, 5.74) is 3.99. The molecule has 3 N–H and O–H groups in total. The quantitative estimate of drug-likeness (QED) is 0.563. The number of pyridine rings is 2. The molecule has 0 atom stereocenters. The van der Waals surface area contributed by atoms with Crippen LogP contribution in [0.15, 0.2) is 36.5 Å². The van der Waals surface area contributed by atoms with Crippen LogP contribution < -0.4 is 5.32 Å². The van der Waals surface area contributed by atoms with E-state index in [4.69, 9.17) is 4.98 Å². The molecule has 150 valence electrons. The number of phenols is 1. The molecule has 2 aromatic heterocycles. The number of aromatic nitrogens is 2. The summed E-state index contributed by atoms with van der Waals surface area (Å²) in [6.07, 6.45) is 3.15. The molecule has 0 aliphatic heterocycles. The van der Waals surface area contributed by atoms with Crippen molar-refractivity contribution in [3.8, 4) is 16.9 Å². The van der Waals surface area contributed by atoms with Crippen molar-refractivity contribution in [2.45, 2.75) is 39.5 Å². The van der Waals surface area contributed by atoms with E-state index in [9.17, 15) is 15.0 Å². The van der Waals surface area contributed by atoms with E-state index in [1.54, 1.807) is 18.3 Å². The fourth-order valence-corrected chi connectivity index (χ4v) is 3.85. The topological polar surface area (TPSA) is 95.3 Å². The number of anilines is 1. The van der Waals surface area contributed by atoms with E-state index in [0.29, 0.717) is 30.7 Å². The molecule has 1 saturated carbocycles. The Hall–Kier alpha value is -3.15. The number of phenolic OH excluding ortho intramolecular Hbond substituents is 1. The Balaban J connectivity index is 1.93. The van der Waals surface area contributed by atoms with E-state index < -0.39 is 11.4 Å². The van der Waals surface area contributed by atoms with Gasteiger partial charge >= 0.3 is 5.97 Å². The van der Waals surface area contributed by atoms with Gasteiger partial charge < -0.3 is 15.5 Å². The molecular weight excluding hydrogens is 366 g/mol. The Bertz CT molecular complexity index is 1100. The lowest BCUT2D eigenvalue weighted by Gasteiger charge is -2.22. The molecule has 0 unspecified atom stereocenters. The van der Waals surface area contributed by atoms with Gasteiger partial charge in [0.1, 0.15) is 11.6 Å². The van der Waals surface area contributed by atoms with Gasteiger partial charge in [-0.25, -0.2) is 4.98 Å². The zero-order valence-electron chi connectivity index (χ0n) is 16.9. The van der Waals surface area contributed by atoms with E-state index in [1.807, 2.05) is 25.1 Å². The first-order chi connectivity index (χ1) is 13.8. The minimum Gasteiger partial charge on any atom is -0.508 e. The van der Waals surface area contributed by atoms with Gasteiger partial charge in [0.15, 0.2) is 0 Å². The minimum absolute atomic E-state index is 0.148. The van der Waals surface area contributed by atoms with Crippen molar-refractivity contribution < 1.29 is 15.0 Å². The van der Waals surface area contributed by atoms with Crippen molar-refractivity contribution in [2.24, 2.45) is 5.41 Å². The van der Waals surface area contributed by atoms with E-state index in [-0.39, 0.29) is 11.7 Å². The van der Waals surface area contributed by atoms with Crippen LogP contribution in [0.4, 0.5) is 5.82 Å². The second-order valence-corrected chi connectivity index (χ2v) is 8.23. The van der Waals surface area contributed by atoms with Crippen molar-refractivity contribution in [3.63, 3.8) is 0 Å². The van der Waals surface area contributed by atoms with Crippen molar-refractivity contribution in [3.05, 3.63) is 47.8 Å². The zero-order chi connectivity index (χ0) is 20.8. The number of nitrogens with zero attached hydrogens (tertiary/aromatic N) is 2. The number of benzene rings is 1. The van der Waals surface area contributed by atoms with E-state index in [1.165, 1.54) is 0 Å². The maximum absolute atomic E-state index is 11.6. The minimum atomic E-state index is -0.764. The summed E-state index contributed by atoms with van der Waals surface area (Å²) in [5, 5.41) is 23.8. The standard InChI is InChI=1S/C23H25N3O3/c1-13(2)19-20(15-6-9-24-14(3)10-15)17-5-4-16(27)11-18(17)26-21(19)25-12-23(7-8-23)22(28)29/h4-6,9-11,13,27H,7-8,12H2,1-3H3,(H,25,26)(H,28,29). The summed E-state index contributed by atoms with van der Waals surface area (Å²) in [6.45, 7) is 6.51. The molecule has 6 heteroatoms. The highest BCUT2D eigenvalue weighted by Crippen LogP contribution is 2.47. The molecule has 29 heavy (non-hydrogen) atoms. The van der Waals surface area contributed by atoms with Crippen LogP contribution in [0, 0.1) is 12.3 Å². The van der Waals surface area contributed by atoms with Gasteiger partial charge in [-0.05, 0) is 61.1 Å². The van der Waals surface area contributed by atoms with Crippen LogP contribution >= 0.6 is 0 Å². The summed E-state index contributed by atoms with van der Waals surface area (Å²) < 4.78 is 0. The highest BCUT2D eigenvalue weighted by Gasteiger charge is 2.50. The number of aromatic hydroxyl groups is 1. The maximum Gasteiger partial charge on any atom is 0.311 e. The Morgan fingerprint density at radius 2 is 2.00 bits per heavy atom. The summed E-state index contributed by atoms with van der Waals surface area (Å²) in [7, 11) is 0. The van der Waals surface area contributed by atoms with Crippen molar-refractivity contribution >= 4 is 22.7 Å². The molecule has 0 spiro atoms.